The van der Waals surface area contributed by atoms with Crippen molar-refractivity contribution in [2.24, 2.45) is 11.8 Å². The summed E-state index contributed by atoms with van der Waals surface area (Å²) in [4.78, 5) is 5.28. The Balaban J connectivity index is 1.64. The van der Waals surface area contributed by atoms with Crippen molar-refractivity contribution in [1.82, 2.24) is 9.80 Å². The number of rotatable bonds is 6. The highest BCUT2D eigenvalue weighted by atomic mass is 15.2. The van der Waals surface area contributed by atoms with E-state index in [0.717, 1.165) is 11.8 Å². The van der Waals surface area contributed by atoms with E-state index >= 15 is 0 Å². The zero-order valence-corrected chi connectivity index (χ0v) is 11.8. The molecule has 0 radical (unpaired) electrons. The largest absolute Gasteiger partial charge is 0.304 e. The van der Waals surface area contributed by atoms with Gasteiger partial charge in [0.25, 0.3) is 0 Å². The van der Waals surface area contributed by atoms with Crippen LogP contribution in [0, 0.1) is 11.8 Å². The molecule has 0 N–H and O–H groups in total. The van der Waals surface area contributed by atoms with Crippen LogP contribution in [0.1, 0.15) is 46.0 Å². The van der Waals surface area contributed by atoms with E-state index in [2.05, 4.69) is 23.6 Å². The van der Waals surface area contributed by atoms with Crippen LogP contribution in [-0.2, 0) is 0 Å². The van der Waals surface area contributed by atoms with E-state index in [1.807, 2.05) is 0 Å². The van der Waals surface area contributed by atoms with Gasteiger partial charge in [-0.3, -0.25) is 0 Å². The number of nitrogens with zero attached hydrogens (tertiary/aromatic N) is 2. The second kappa shape index (κ2) is 6.75. The van der Waals surface area contributed by atoms with Crippen LogP contribution < -0.4 is 0 Å². The second-order valence-electron chi connectivity index (χ2n) is 5.94. The van der Waals surface area contributed by atoms with Crippen LogP contribution in [0.2, 0.25) is 0 Å². The lowest BCUT2D eigenvalue weighted by molar-refractivity contribution is 0.257. The molecule has 1 saturated heterocycles. The van der Waals surface area contributed by atoms with Crippen molar-refractivity contribution in [3.05, 3.63) is 0 Å². The lowest BCUT2D eigenvalue weighted by Gasteiger charge is -2.23. The minimum atomic E-state index is 1.05. The zero-order valence-electron chi connectivity index (χ0n) is 11.8. The van der Waals surface area contributed by atoms with Crippen molar-refractivity contribution in [2.75, 3.05) is 39.3 Å². The van der Waals surface area contributed by atoms with Crippen molar-refractivity contribution in [1.29, 1.82) is 0 Å². The molecule has 2 heteroatoms. The van der Waals surface area contributed by atoms with Crippen LogP contribution in [0.3, 0.4) is 0 Å². The molecule has 1 aliphatic heterocycles. The third kappa shape index (κ3) is 3.69. The molecule has 0 aromatic heterocycles. The van der Waals surface area contributed by atoms with E-state index in [0.29, 0.717) is 0 Å². The SMILES string of the molecule is CCN(CC)CCCN1CC2CCCCC2C1. The summed E-state index contributed by atoms with van der Waals surface area (Å²) >= 11 is 0. The third-order valence-corrected chi connectivity index (χ3v) is 4.90. The molecule has 1 heterocycles. The topological polar surface area (TPSA) is 6.48 Å². The summed E-state index contributed by atoms with van der Waals surface area (Å²) in [6.45, 7) is 12.4. The molecular formula is C15H30N2. The summed E-state index contributed by atoms with van der Waals surface area (Å²) < 4.78 is 0. The molecule has 0 aromatic rings. The minimum Gasteiger partial charge on any atom is -0.304 e. The Morgan fingerprint density at radius 2 is 1.59 bits per heavy atom. The lowest BCUT2D eigenvalue weighted by Crippen LogP contribution is -2.29. The van der Waals surface area contributed by atoms with Gasteiger partial charge in [0.2, 0.25) is 0 Å². The molecular weight excluding hydrogens is 208 g/mol. The summed E-state index contributed by atoms with van der Waals surface area (Å²) in [5.41, 5.74) is 0. The molecule has 1 aliphatic carbocycles. The third-order valence-electron chi connectivity index (χ3n) is 4.90. The molecule has 2 unspecified atom stereocenters. The first kappa shape index (κ1) is 13.4. The molecule has 17 heavy (non-hydrogen) atoms. The lowest BCUT2D eigenvalue weighted by atomic mass is 9.82. The monoisotopic (exact) mass is 238 g/mol. The van der Waals surface area contributed by atoms with E-state index in [9.17, 15) is 0 Å². The normalized spacial score (nSPS) is 29.8. The maximum absolute atomic E-state index is 2.74. The Morgan fingerprint density at radius 3 is 2.12 bits per heavy atom. The van der Waals surface area contributed by atoms with E-state index in [1.165, 1.54) is 71.4 Å². The quantitative estimate of drug-likeness (QED) is 0.702. The van der Waals surface area contributed by atoms with Gasteiger partial charge in [-0.1, -0.05) is 26.7 Å². The first-order chi connectivity index (χ1) is 8.33. The van der Waals surface area contributed by atoms with Crippen molar-refractivity contribution < 1.29 is 0 Å². The van der Waals surface area contributed by atoms with E-state index in [1.54, 1.807) is 0 Å². The number of hydrogen-bond acceptors (Lipinski definition) is 2. The fourth-order valence-electron chi connectivity index (χ4n) is 3.74. The van der Waals surface area contributed by atoms with Crippen LogP contribution in [0.4, 0.5) is 0 Å². The average molecular weight is 238 g/mol. The molecule has 0 amide bonds. The molecule has 2 atom stereocenters. The summed E-state index contributed by atoms with van der Waals surface area (Å²) in [6.07, 6.45) is 7.37. The van der Waals surface area contributed by atoms with Crippen molar-refractivity contribution in [2.45, 2.75) is 46.0 Å². The number of hydrogen-bond donors (Lipinski definition) is 0. The fraction of sp³-hybridized carbons (Fsp3) is 1.00. The van der Waals surface area contributed by atoms with Crippen LogP contribution in [-0.4, -0.2) is 49.1 Å². The molecule has 0 bridgehead atoms. The highest BCUT2D eigenvalue weighted by molar-refractivity contribution is 4.86. The first-order valence-electron chi connectivity index (χ1n) is 7.78. The standard InChI is InChI=1S/C15H30N2/c1-3-16(4-2)10-7-11-17-12-14-8-5-6-9-15(14)13-17/h14-15H,3-13H2,1-2H3. The Kier molecular flexibility index (Phi) is 5.30. The summed E-state index contributed by atoms with van der Waals surface area (Å²) in [7, 11) is 0. The van der Waals surface area contributed by atoms with Crippen LogP contribution in [0.5, 0.6) is 0 Å². The van der Waals surface area contributed by atoms with Gasteiger partial charge < -0.3 is 9.80 Å². The molecule has 2 nitrogen and oxygen atoms in total. The molecule has 2 aliphatic rings. The van der Waals surface area contributed by atoms with Gasteiger partial charge in [0.1, 0.15) is 0 Å². The van der Waals surface area contributed by atoms with Gasteiger partial charge in [-0.15, -0.1) is 0 Å². The molecule has 2 rings (SSSR count). The Hall–Kier alpha value is -0.0800. The average Bonchev–Trinajstić information content (AvgIpc) is 2.77. The molecule has 2 fully saturated rings. The van der Waals surface area contributed by atoms with Gasteiger partial charge in [-0.05, 0) is 57.3 Å². The minimum absolute atomic E-state index is 1.05. The van der Waals surface area contributed by atoms with Crippen LogP contribution >= 0.6 is 0 Å². The van der Waals surface area contributed by atoms with Crippen molar-refractivity contribution >= 4 is 0 Å². The van der Waals surface area contributed by atoms with Gasteiger partial charge in [0.05, 0.1) is 0 Å². The molecule has 0 spiro atoms. The Morgan fingerprint density at radius 1 is 1.00 bits per heavy atom. The molecule has 0 aromatic carbocycles. The number of likely N-dealkylation sites (tertiary alicyclic amines) is 1. The zero-order chi connectivity index (χ0) is 12.1. The van der Waals surface area contributed by atoms with Crippen LogP contribution in [0.15, 0.2) is 0 Å². The smallest absolute Gasteiger partial charge is 0.00129 e. The predicted molar refractivity (Wildman–Crippen MR) is 74.3 cm³/mol. The van der Waals surface area contributed by atoms with Gasteiger partial charge >= 0.3 is 0 Å². The number of fused-ring (bicyclic) bond motifs is 1. The summed E-state index contributed by atoms with van der Waals surface area (Å²) in [6, 6.07) is 0. The summed E-state index contributed by atoms with van der Waals surface area (Å²) in [5, 5.41) is 0. The maximum atomic E-state index is 2.74. The Bertz CT molecular complexity index is 199. The van der Waals surface area contributed by atoms with Crippen LogP contribution in [0.25, 0.3) is 0 Å². The van der Waals surface area contributed by atoms with E-state index in [4.69, 9.17) is 0 Å². The molecule has 100 valence electrons. The van der Waals surface area contributed by atoms with Crippen molar-refractivity contribution in [3.63, 3.8) is 0 Å². The Labute approximate surface area is 107 Å². The van der Waals surface area contributed by atoms with E-state index in [-0.39, 0.29) is 0 Å². The van der Waals surface area contributed by atoms with E-state index < -0.39 is 0 Å². The predicted octanol–water partition coefficient (Wildman–Crippen LogP) is 2.84. The van der Waals surface area contributed by atoms with Gasteiger partial charge in [0, 0.05) is 13.1 Å². The maximum Gasteiger partial charge on any atom is 0.00129 e. The van der Waals surface area contributed by atoms with Crippen molar-refractivity contribution in [3.8, 4) is 0 Å². The highest BCUT2D eigenvalue weighted by Gasteiger charge is 2.33. The van der Waals surface area contributed by atoms with Gasteiger partial charge in [0.15, 0.2) is 0 Å². The highest BCUT2D eigenvalue weighted by Crippen LogP contribution is 2.35. The first-order valence-corrected chi connectivity index (χ1v) is 7.78. The second-order valence-corrected chi connectivity index (χ2v) is 5.94. The fourth-order valence-corrected chi connectivity index (χ4v) is 3.74. The molecule has 1 saturated carbocycles. The summed E-state index contributed by atoms with van der Waals surface area (Å²) in [5.74, 6) is 2.11. The van der Waals surface area contributed by atoms with Gasteiger partial charge in [-0.2, -0.15) is 0 Å². The van der Waals surface area contributed by atoms with Gasteiger partial charge in [-0.25, -0.2) is 0 Å².